The first-order chi connectivity index (χ1) is 27.8. The van der Waals surface area contributed by atoms with Crippen LogP contribution in [0.2, 0.25) is 0 Å². The molecule has 5 saturated heterocycles. The Labute approximate surface area is 334 Å². The topological polar surface area (TPSA) is 137 Å². The van der Waals surface area contributed by atoms with Gasteiger partial charge in [0, 0.05) is 68.7 Å². The Morgan fingerprint density at radius 3 is 2.39 bits per heavy atom. The largest absolute Gasteiger partial charge is 0.507 e. The standard InChI is InChI=1S/C44H53N9O4/c1-27-11-14-37(42(55)46-27)53-43(56)34-8-4-9-36(40(34)44(53)57)49-18-15-28(16-19-49)6-5-17-51-29-12-13-30(51)23-31(22-29)50-20-21-52-32(26-50)25-45-41-38(52)24-35(47-48-41)33-7-2-3-10-39(33)54/h2-4,7-10,24,28-32,37,54H,1,5-6,11-23,25-26H2,(H,45,48)(H,46,55)/t29?,30?,31?,32-,37?/m0/s1. The summed E-state index contributed by atoms with van der Waals surface area (Å²) in [5.41, 5.74) is 4.80. The van der Waals surface area contributed by atoms with Crippen molar-refractivity contribution in [2.24, 2.45) is 5.92 Å². The summed E-state index contributed by atoms with van der Waals surface area (Å²) in [4.78, 5) is 51.5. The number of phenolic OH excluding ortho intramolecular Hbond substituents is 1. The van der Waals surface area contributed by atoms with Gasteiger partial charge in [-0.05, 0) is 107 Å². The highest BCUT2D eigenvalue weighted by molar-refractivity contribution is 6.25. The van der Waals surface area contributed by atoms with Gasteiger partial charge in [0.25, 0.3) is 11.8 Å². The van der Waals surface area contributed by atoms with Crippen LogP contribution < -0.4 is 20.4 Å². The number of allylic oxidation sites excluding steroid dienone is 1. The molecule has 3 unspecified atom stereocenters. The number of imide groups is 1. The van der Waals surface area contributed by atoms with Crippen LogP contribution in [0, 0.1) is 5.92 Å². The second kappa shape index (κ2) is 14.7. The molecule has 10 rings (SSSR count). The number of benzene rings is 2. The molecule has 2 aromatic carbocycles. The summed E-state index contributed by atoms with van der Waals surface area (Å²) < 4.78 is 0. The van der Waals surface area contributed by atoms with E-state index < -0.39 is 6.04 Å². The van der Waals surface area contributed by atoms with Crippen molar-refractivity contribution in [3.8, 4) is 17.0 Å². The van der Waals surface area contributed by atoms with E-state index in [-0.39, 0.29) is 23.5 Å². The number of piperazine rings is 1. The molecule has 0 aliphatic carbocycles. The lowest BCUT2D eigenvalue weighted by molar-refractivity contribution is -0.125. The first-order valence-electron chi connectivity index (χ1n) is 21.2. The van der Waals surface area contributed by atoms with Gasteiger partial charge >= 0.3 is 0 Å². The normalized spacial score (nSPS) is 27.9. The minimum atomic E-state index is -0.796. The molecule has 4 atom stereocenters. The van der Waals surface area contributed by atoms with Crippen LogP contribution in [-0.2, 0) is 4.79 Å². The summed E-state index contributed by atoms with van der Waals surface area (Å²) in [7, 11) is 0. The number of amides is 3. The van der Waals surface area contributed by atoms with Gasteiger partial charge in [0.05, 0.1) is 34.2 Å². The summed E-state index contributed by atoms with van der Waals surface area (Å²) in [6.07, 6.45) is 10.7. The molecule has 8 heterocycles. The Bertz CT molecular complexity index is 2090. The highest BCUT2D eigenvalue weighted by atomic mass is 16.3. The fraction of sp³-hybridized carbons (Fsp3) is 0.523. The zero-order valence-electron chi connectivity index (χ0n) is 32.6. The molecule has 13 heteroatoms. The molecule has 3 N–H and O–H groups in total. The zero-order chi connectivity index (χ0) is 38.8. The van der Waals surface area contributed by atoms with Crippen LogP contribution in [0.3, 0.4) is 0 Å². The number of para-hydroxylation sites is 1. The maximum atomic E-state index is 13.7. The van der Waals surface area contributed by atoms with E-state index in [9.17, 15) is 19.5 Å². The highest BCUT2D eigenvalue weighted by Crippen LogP contribution is 2.42. The van der Waals surface area contributed by atoms with Crippen molar-refractivity contribution in [1.29, 1.82) is 0 Å². The van der Waals surface area contributed by atoms with Crippen LogP contribution in [0.5, 0.6) is 5.75 Å². The average molecular weight is 772 g/mol. The Balaban J connectivity index is 0.706. The van der Waals surface area contributed by atoms with E-state index in [1.54, 1.807) is 12.1 Å². The minimum Gasteiger partial charge on any atom is -0.507 e. The van der Waals surface area contributed by atoms with Crippen LogP contribution in [0.15, 0.2) is 60.8 Å². The fourth-order valence-corrected chi connectivity index (χ4v) is 11.2. The van der Waals surface area contributed by atoms with E-state index in [4.69, 9.17) is 0 Å². The molecule has 57 heavy (non-hydrogen) atoms. The maximum Gasteiger partial charge on any atom is 0.264 e. The van der Waals surface area contributed by atoms with Crippen molar-refractivity contribution in [3.63, 3.8) is 0 Å². The Morgan fingerprint density at radius 1 is 0.807 bits per heavy atom. The summed E-state index contributed by atoms with van der Waals surface area (Å²) >= 11 is 0. The summed E-state index contributed by atoms with van der Waals surface area (Å²) in [6, 6.07) is 16.5. The number of anilines is 3. The first kappa shape index (κ1) is 36.3. The molecule has 3 aromatic rings. The van der Waals surface area contributed by atoms with Gasteiger partial charge in [0.2, 0.25) is 5.91 Å². The molecular weight excluding hydrogens is 719 g/mol. The third kappa shape index (κ3) is 6.52. The van der Waals surface area contributed by atoms with Gasteiger partial charge in [-0.3, -0.25) is 29.1 Å². The van der Waals surface area contributed by atoms with Gasteiger partial charge in [-0.25, -0.2) is 0 Å². The Morgan fingerprint density at radius 2 is 1.60 bits per heavy atom. The van der Waals surface area contributed by atoms with Crippen molar-refractivity contribution in [3.05, 3.63) is 71.9 Å². The van der Waals surface area contributed by atoms with E-state index in [1.807, 2.05) is 30.3 Å². The molecule has 0 spiro atoms. The second-order valence-corrected chi connectivity index (χ2v) is 17.4. The molecule has 5 fully saturated rings. The molecule has 0 radical (unpaired) electrons. The number of carbonyl (C=O) groups excluding carboxylic acids is 3. The summed E-state index contributed by atoms with van der Waals surface area (Å²) in [5.74, 6) is 0.653. The van der Waals surface area contributed by atoms with Gasteiger partial charge in [-0.2, -0.15) is 0 Å². The van der Waals surface area contributed by atoms with Crippen molar-refractivity contribution in [2.75, 3.05) is 60.9 Å². The van der Waals surface area contributed by atoms with Crippen molar-refractivity contribution >= 4 is 34.9 Å². The molecule has 13 nitrogen and oxygen atoms in total. The minimum absolute atomic E-state index is 0.221. The lowest BCUT2D eigenvalue weighted by Crippen LogP contribution is -2.61. The van der Waals surface area contributed by atoms with Gasteiger partial charge in [0.1, 0.15) is 11.8 Å². The van der Waals surface area contributed by atoms with Crippen molar-refractivity contribution in [2.45, 2.75) is 94.4 Å². The van der Waals surface area contributed by atoms with Gasteiger partial charge in [-0.15, -0.1) is 10.2 Å². The van der Waals surface area contributed by atoms with Crippen molar-refractivity contribution < 1.29 is 19.5 Å². The number of piperidine rings is 3. The number of carbonyl (C=O) groups is 3. The molecule has 0 saturated carbocycles. The van der Waals surface area contributed by atoms with E-state index in [0.29, 0.717) is 71.0 Å². The third-order valence-electron chi connectivity index (χ3n) is 14.2. The number of hydrogen-bond acceptors (Lipinski definition) is 11. The van der Waals surface area contributed by atoms with E-state index in [0.717, 1.165) is 69.3 Å². The number of nitrogens with one attached hydrogen (secondary N) is 2. The molecule has 7 aliphatic rings. The fourth-order valence-electron chi connectivity index (χ4n) is 11.2. The number of phenols is 1. The number of rotatable bonds is 8. The Kier molecular flexibility index (Phi) is 9.39. The second-order valence-electron chi connectivity index (χ2n) is 17.4. The quantitative estimate of drug-likeness (QED) is 0.272. The summed E-state index contributed by atoms with van der Waals surface area (Å²) in [6.45, 7) is 10.7. The number of hydrogen-bond donors (Lipinski definition) is 3. The SMILES string of the molecule is C=C1CCC(N2C(=O)c3cccc(N4CCC(CCCN5C6CCC5CC(N5CCN7c8cc(-c9ccccc9O)nnc8NC[C@H]7C5)C6)CC4)c3C2=O)C(=O)N1. The van der Waals surface area contributed by atoms with Crippen LogP contribution in [-0.4, -0.2) is 124 Å². The molecule has 298 valence electrons. The lowest BCUT2D eigenvalue weighted by Gasteiger charge is -2.50. The number of aromatic nitrogens is 2. The predicted molar refractivity (Wildman–Crippen MR) is 218 cm³/mol. The van der Waals surface area contributed by atoms with Gasteiger partial charge in [0.15, 0.2) is 5.82 Å². The maximum absolute atomic E-state index is 13.7. The zero-order valence-corrected chi connectivity index (χ0v) is 32.6. The van der Waals surface area contributed by atoms with E-state index in [1.165, 1.54) is 50.0 Å². The summed E-state index contributed by atoms with van der Waals surface area (Å²) in [5, 5.41) is 25.7. The lowest BCUT2D eigenvalue weighted by atomic mass is 9.90. The number of nitrogens with zero attached hydrogens (tertiary/aromatic N) is 7. The highest BCUT2D eigenvalue weighted by Gasteiger charge is 2.47. The molecule has 3 amide bonds. The molecular formula is C44H53N9O4. The Hall–Kier alpha value is -5.01. The van der Waals surface area contributed by atoms with Crippen LogP contribution >= 0.6 is 0 Å². The monoisotopic (exact) mass is 771 g/mol. The predicted octanol–water partition coefficient (Wildman–Crippen LogP) is 4.85. The number of aromatic hydroxyl groups is 1. The van der Waals surface area contributed by atoms with Gasteiger partial charge in [-0.1, -0.05) is 24.8 Å². The average Bonchev–Trinajstić information content (AvgIpc) is 3.61. The molecule has 7 aliphatic heterocycles. The third-order valence-corrected chi connectivity index (χ3v) is 14.2. The van der Waals surface area contributed by atoms with Crippen LogP contribution in [0.1, 0.15) is 84.9 Å². The van der Waals surface area contributed by atoms with Crippen LogP contribution in [0.25, 0.3) is 11.3 Å². The smallest absolute Gasteiger partial charge is 0.264 e. The first-order valence-corrected chi connectivity index (χ1v) is 21.2. The van der Waals surface area contributed by atoms with Crippen molar-refractivity contribution in [1.82, 2.24) is 30.2 Å². The molecule has 1 aromatic heterocycles. The van der Waals surface area contributed by atoms with Gasteiger partial charge < -0.3 is 25.5 Å². The van der Waals surface area contributed by atoms with E-state index in [2.05, 4.69) is 53.1 Å². The molecule has 2 bridgehead atoms. The van der Waals surface area contributed by atoms with Crippen LogP contribution in [0.4, 0.5) is 17.2 Å². The number of fused-ring (bicyclic) bond motifs is 6. The van der Waals surface area contributed by atoms with E-state index >= 15 is 0 Å².